The summed E-state index contributed by atoms with van der Waals surface area (Å²) in [5.41, 5.74) is 0.306. The maximum atomic E-state index is 14.0. The second kappa shape index (κ2) is 12.9. The fourth-order valence-corrected chi connectivity index (χ4v) is 6.57. The summed E-state index contributed by atoms with van der Waals surface area (Å²) in [6.45, 7) is 5.02. The van der Waals surface area contributed by atoms with E-state index in [1.165, 1.54) is 12.1 Å². The Labute approximate surface area is 274 Å². The highest BCUT2D eigenvalue weighted by Gasteiger charge is 2.47. The quantitative estimate of drug-likeness (QED) is 0.355. The molecule has 1 aromatic carbocycles. The molecular weight excluding hydrogens is 639 g/mol. The van der Waals surface area contributed by atoms with E-state index >= 15 is 0 Å². The first-order valence-corrected chi connectivity index (χ1v) is 15.8. The van der Waals surface area contributed by atoms with Crippen LogP contribution < -0.4 is 25.2 Å². The fraction of sp³-hybridized carbons (Fsp3) is 0.406. The van der Waals surface area contributed by atoms with Gasteiger partial charge >= 0.3 is 12.2 Å². The van der Waals surface area contributed by atoms with Crippen molar-refractivity contribution in [1.29, 1.82) is 0 Å². The van der Waals surface area contributed by atoms with Gasteiger partial charge in [0.05, 0.1) is 40.8 Å². The van der Waals surface area contributed by atoms with Gasteiger partial charge in [-0.3, -0.25) is 14.5 Å². The van der Waals surface area contributed by atoms with Crippen LogP contribution in [0.1, 0.15) is 42.7 Å². The maximum absolute atomic E-state index is 14.0. The lowest BCUT2D eigenvalue weighted by atomic mass is 10.0. The Hall–Kier alpha value is -4.59. The van der Waals surface area contributed by atoms with E-state index < -0.39 is 35.8 Å². The van der Waals surface area contributed by atoms with E-state index in [0.29, 0.717) is 48.8 Å². The van der Waals surface area contributed by atoms with Crippen LogP contribution in [0.4, 0.5) is 29.3 Å². The van der Waals surface area contributed by atoms with Gasteiger partial charge in [-0.1, -0.05) is 18.5 Å². The Morgan fingerprint density at radius 3 is 2.57 bits per heavy atom. The molecule has 0 aliphatic carbocycles. The lowest BCUT2D eigenvalue weighted by Crippen LogP contribution is -2.58. The van der Waals surface area contributed by atoms with Crippen molar-refractivity contribution in [2.45, 2.75) is 51.0 Å². The van der Waals surface area contributed by atoms with Crippen molar-refractivity contribution in [3.8, 4) is 17.1 Å². The number of alkyl halides is 3. The zero-order valence-corrected chi connectivity index (χ0v) is 26.4. The van der Waals surface area contributed by atoms with E-state index in [1.807, 2.05) is 18.7 Å². The van der Waals surface area contributed by atoms with Gasteiger partial charge in [-0.05, 0) is 62.2 Å². The highest BCUT2D eigenvalue weighted by Crippen LogP contribution is 2.41. The number of fused-ring (bicyclic) bond motifs is 1. The number of carbonyl (C=O) groups excluding carboxylic acids is 3. The molecule has 3 fully saturated rings. The average molecular weight is 672 g/mol. The second-order valence-corrected chi connectivity index (χ2v) is 12.0. The van der Waals surface area contributed by atoms with Gasteiger partial charge in [0.2, 0.25) is 11.8 Å². The van der Waals surface area contributed by atoms with Crippen molar-refractivity contribution in [2.75, 3.05) is 42.6 Å². The molecule has 0 saturated carbocycles. The number of urea groups is 1. The zero-order valence-electron chi connectivity index (χ0n) is 25.7. The Kier molecular flexibility index (Phi) is 8.88. The molecule has 3 aliphatic heterocycles. The Balaban J connectivity index is 1.37. The van der Waals surface area contributed by atoms with Crippen molar-refractivity contribution >= 4 is 40.8 Å². The first kappa shape index (κ1) is 32.4. The van der Waals surface area contributed by atoms with Gasteiger partial charge < -0.3 is 25.2 Å². The lowest BCUT2D eigenvalue weighted by Gasteiger charge is -2.44. The maximum Gasteiger partial charge on any atom is 0.418 e. The van der Waals surface area contributed by atoms with Crippen LogP contribution in [-0.4, -0.2) is 83.6 Å². The molecule has 47 heavy (non-hydrogen) atoms. The van der Waals surface area contributed by atoms with Gasteiger partial charge in [0.1, 0.15) is 6.04 Å². The van der Waals surface area contributed by atoms with E-state index in [0.717, 1.165) is 11.0 Å². The third-order valence-electron chi connectivity index (χ3n) is 8.67. The number of carbonyl (C=O) groups is 3. The minimum atomic E-state index is -4.72. The molecule has 3 atom stereocenters. The topological polar surface area (TPSA) is 120 Å². The number of rotatable bonds is 8. The summed E-state index contributed by atoms with van der Waals surface area (Å²) in [6, 6.07) is 8.39. The normalized spacial score (nSPS) is 21.1. The number of anilines is 2. The SMILES string of the molecule is CCOc1ncccc1-c1ccc(N2C[C@H]3CN(c4ccc(Cl)cc4C(F)(F)F)C(=O)N3C[C@H]2CC)c(C(=O)N[C@H]2CCNC2=O)n1. The van der Waals surface area contributed by atoms with Crippen LogP contribution in [0.3, 0.4) is 0 Å². The molecule has 0 bridgehead atoms. The monoisotopic (exact) mass is 671 g/mol. The number of ether oxygens (including phenoxy) is 1. The van der Waals surface area contributed by atoms with Gasteiger partial charge in [0.25, 0.3) is 5.91 Å². The number of piperazine rings is 1. The number of nitrogens with one attached hydrogen (secondary N) is 2. The summed E-state index contributed by atoms with van der Waals surface area (Å²) in [6.07, 6.45) is -2.13. The van der Waals surface area contributed by atoms with Crippen molar-refractivity contribution in [3.63, 3.8) is 0 Å². The van der Waals surface area contributed by atoms with Crippen LogP contribution in [0.25, 0.3) is 11.3 Å². The summed E-state index contributed by atoms with van der Waals surface area (Å²) in [5, 5.41) is 5.43. The molecule has 0 radical (unpaired) electrons. The van der Waals surface area contributed by atoms with Crippen LogP contribution in [0.2, 0.25) is 5.02 Å². The Morgan fingerprint density at radius 1 is 1.09 bits per heavy atom. The number of amides is 4. The molecule has 2 N–H and O–H groups in total. The molecule has 0 spiro atoms. The first-order valence-electron chi connectivity index (χ1n) is 15.4. The molecule has 248 valence electrons. The van der Waals surface area contributed by atoms with E-state index in [1.54, 1.807) is 35.4 Å². The molecule has 3 saturated heterocycles. The van der Waals surface area contributed by atoms with Gasteiger partial charge in [0.15, 0.2) is 5.69 Å². The van der Waals surface area contributed by atoms with Crippen LogP contribution in [0.15, 0.2) is 48.7 Å². The highest BCUT2D eigenvalue weighted by atomic mass is 35.5. The molecule has 0 unspecified atom stereocenters. The van der Waals surface area contributed by atoms with Crippen molar-refractivity contribution in [1.82, 2.24) is 25.5 Å². The van der Waals surface area contributed by atoms with Crippen molar-refractivity contribution in [3.05, 3.63) is 64.9 Å². The molecule has 11 nitrogen and oxygen atoms in total. The summed E-state index contributed by atoms with van der Waals surface area (Å²) >= 11 is 5.90. The molecule has 5 heterocycles. The number of halogens is 4. The average Bonchev–Trinajstić information content (AvgIpc) is 3.61. The third kappa shape index (κ3) is 6.25. The number of nitrogens with zero attached hydrogens (tertiary/aromatic N) is 5. The lowest BCUT2D eigenvalue weighted by molar-refractivity contribution is -0.137. The van der Waals surface area contributed by atoms with Crippen LogP contribution in [0, 0.1) is 0 Å². The number of benzene rings is 1. The number of pyridine rings is 2. The predicted molar refractivity (Wildman–Crippen MR) is 169 cm³/mol. The largest absolute Gasteiger partial charge is 0.477 e. The smallest absolute Gasteiger partial charge is 0.418 e. The van der Waals surface area contributed by atoms with Crippen LogP contribution in [0.5, 0.6) is 5.88 Å². The molecule has 2 aromatic heterocycles. The standard InChI is InChI=1S/C32H33ClF3N7O4/c1-3-19-15-42-20(17-43(31(42)46)25-9-7-18(33)14-22(25)32(34,35)36)16-41(19)26-10-8-23(21-6-5-12-38-30(21)47-4-2)39-27(26)29(45)40-24-11-13-37-28(24)44/h5-10,12,14,19-20,24H,3-4,11,13,15-17H2,1-2H3,(H,37,44)(H,40,45)/t19-,20+,24+/m1/s1. The van der Waals surface area contributed by atoms with Crippen molar-refractivity contribution in [2.24, 2.45) is 0 Å². The van der Waals surface area contributed by atoms with E-state index in [2.05, 4.69) is 15.6 Å². The first-order chi connectivity index (χ1) is 22.5. The van der Waals surface area contributed by atoms with E-state index in [-0.39, 0.29) is 48.0 Å². The summed E-state index contributed by atoms with van der Waals surface area (Å²) in [7, 11) is 0. The minimum absolute atomic E-state index is 0.000825. The third-order valence-corrected chi connectivity index (χ3v) is 8.91. The number of hydrogen-bond donors (Lipinski definition) is 2. The van der Waals surface area contributed by atoms with Gasteiger partial charge in [-0.25, -0.2) is 14.8 Å². The number of aromatic nitrogens is 2. The fourth-order valence-electron chi connectivity index (χ4n) is 6.40. The van der Waals surface area contributed by atoms with Gasteiger partial charge in [-0.2, -0.15) is 13.2 Å². The van der Waals surface area contributed by atoms with Gasteiger partial charge in [0, 0.05) is 43.4 Å². The predicted octanol–water partition coefficient (Wildman–Crippen LogP) is 4.74. The Bertz CT molecular complexity index is 1710. The van der Waals surface area contributed by atoms with Crippen LogP contribution >= 0.6 is 11.6 Å². The highest BCUT2D eigenvalue weighted by molar-refractivity contribution is 6.30. The molecule has 3 aliphatic rings. The van der Waals surface area contributed by atoms with Crippen molar-refractivity contribution < 1.29 is 32.3 Å². The second-order valence-electron chi connectivity index (χ2n) is 11.5. The van der Waals surface area contributed by atoms with Gasteiger partial charge in [-0.15, -0.1) is 0 Å². The summed E-state index contributed by atoms with van der Waals surface area (Å²) < 4.78 is 47.7. The van der Waals surface area contributed by atoms with E-state index in [9.17, 15) is 27.6 Å². The molecular formula is C32H33ClF3N7O4. The zero-order chi connectivity index (χ0) is 33.5. The number of hydrogen-bond acceptors (Lipinski definition) is 7. The minimum Gasteiger partial charge on any atom is -0.477 e. The molecule has 15 heteroatoms. The van der Waals surface area contributed by atoms with E-state index in [4.69, 9.17) is 21.3 Å². The molecule has 4 amide bonds. The molecule has 3 aromatic rings. The van der Waals surface area contributed by atoms with Crippen LogP contribution in [-0.2, 0) is 11.0 Å². The molecule has 6 rings (SSSR count). The summed E-state index contributed by atoms with van der Waals surface area (Å²) in [4.78, 5) is 53.6. The Morgan fingerprint density at radius 2 is 1.87 bits per heavy atom. The summed E-state index contributed by atoms with van der Waals surface area (Å²) in [5.74, 6) is -0.489.